The van der Waals surface area contributed by atoms with E-state index >= 15 is 0 Å². The zero-order chi connectivity index (χ0) is 14.7. The van der Waals surface area contributed by atoms with E-state index in [1.54, 1.807) is 6.08 Å². The first-order valence-electron chi connectivity index (χ1n) is 6.89. The van der Waals surface area contributed by atoms with Crippen molar-refractivity contribution in [3.8, 4) is 0 Å². The number of carbonyl (C=O) groups excluding carboxylic acids is 1. The Bertz CT molecular complexity index is 839. The molecule has 0 amide bonds. The van der Waals surface area contributed by atoms with Crippen molar-refractivity contribution in [2.75, 3.05) is 0 Å². The number of hydrogen-bond acceptors (Lipinski definition) is 1. The maximum atomic E-state index is 12.1. The summed E-state index contributed by atoms with van der Waals surface area (Å²) in [6, 6.07) is 18.1. The topological polar surface area (TPSA) is 20.9 Å². The molecule has 0 bridgehead atoms. The normalized spacial score (nSPS) is 10.6. The average Bonchev–Trinajstić information content (AvgIpc) is 2.52. The summed E-state index contributed by atoms with van der Waals surface area (Å²) in [6.07, 6.45) is 7.22. The van der Waals surface area contributed by atoms with Crippen molar-refractivity contribution < 1.29 is 33.3 Å². The Morgan fingerprint density at radius 1 is 1.00 bits per heavy atom. The van der Waals surface area contributed by atoms with Crippen LogP contribution in [0.2, 0.25) is 0 Å². The van der Waals surface area contributed by atoms with Gasteiger partial charge in [-0.05, 0) is 34.5 Å². The quantitative estimate of drug-likeness (QED) is 0.272. The molecule has 0 unspecified atom stereocenters. The number of halogens is 1. The Kier molecular flexibility index (Phi) is 5.44. The summed E-state index contributed by atoms with van der Waals surface area (Å²) in [6.45, 7) is 0. The lowest BCUT2D eigenvalue weighted by Gasteiger charge is -1.99. The minimum atomic E-state index is 0. The second kappa shape index (κ2) is 7.31. The SMILES string of the molecule is C[n+]1cccc(C(=O)/C=C/c2ccc3ccccc3c2)c1.[I-]. The van der Waals surface area contributed by atoms with E-state index in [9.17, 15) is 4.79 Å². The van der Waals surface area contributed by atoms with Crippen LogP contribution in [0, 0.1) is 0 Å². The van der Waals surface area contributed by atoms with E-state index in [2.05, 4.69) is 24.3 Å². The summed E-state index contributed by atoms with van der Waals surface area (Å²) < 4.78 is 1.87. The molecule has 0 fully saturated rings. The van der Waals surface area contributed by atoms with Crippen molar-refractivity contribution in [2.24, 2.45) is 7.05 Å². The highest BCUT2D eigenvalue weighted by molar-refractivity contribution is 6.06. The maximum absolute atomic E-state index is 12.1. The number of benzene rings is 2. The van der Waals surface area contributed by atoms with Gasteiger partial charge in [0.1, 0.15) is 7.05 Å². The van der Waals surface area contributed by atoms with Gasteiger partial charge in [0.05, 0.1) is 5.56 Å². The number of allylic oxidation sites excluding steroid dienone is 1. The molecular weight excluding hydrogens is 385 g/mol. The van der Waals surface area contributed by atoms with Crippen molar-refractivity contribution in [3.05, 3.63) is 84.2 Å². The molecule has 0 aliphatic heterocycles. The van der Waals surface area contributed by atoms with Gasteiger partial charge in [-0.1, -0.05) is 42.5 Å². The monoisotopic (exact) mass is 401 g/mol. The van der Waals surface area contributed by atoms with Crippen LogP contribution in [-0.4, -0.2) is 5.78 Å². The van der Waals surface area contributed by atoms with Gasteiger partial charge in [-0.15, -0.1) is 0 Å². The van der Waals surface area contributed by atoms with E-state index in [-0.39, 0.29) is 29.8 Å². The lowest BCUT2D eigenvalue weighted by Crippen LogP contribution is -3.00. The molecule has 2 aromatic carbocycles. The van der Waals surface area contributed by atoms with Crippen LogP contribution in [0.5, 0.6) is 0 Å². The third-order valence-corrected chi connectivity index (χ3v) is 3.42. The third kappa shape index (κ3) is 3.80. The molecule has 0 aliphatic carbocycles. The zero-order valence-corrected chi connectivity index (χ0v) is 14.4. The smallest absolute Gasteiger partial charge is 0.191 e. The number of ketones is 1. The number of hydrogen-bond donors (Lipinski definition) is 0. The first kappa shape index (κ1) is 16.4. The molecule has 22 heavy (non-hydrogen) atoms. The predicted molar refractivity (Wildman–Crippen MR) is 84.9 cm³/mol. The molecule has 110 valence electrons. The number of fused-ring (bicyclic) bond motifs is 1. The second-order valence-electron chi connectivity index (χ2n) is 5.06. The highest BCUT2D eigenvalue weighted by atomic mass is 127. The summed E-state index contributed by atoms with van der Waals surface area (Å²) in [5.74, 6) is 0.0133. The first-order chi connectivity index (χ1) is 10.2. The van der Waals surface area contributed by atoms with Gasteiger partial charge in [0.25, 0.3) is 0 Å². The van der Waals surface area contributed by atoms with E-state index in [0.29, 0.717) is 5.56 Å². The molecule has 0 saturated heterocycles. The Hall–Kier alpha value is -2.01. The maximum Gasteiger partial charge on any atom is 0.191 e. The Morgan fingerprint density at radius 3 is 2.55 bits per heavy atom. The fourth-order valence-electron chi connectivity index (χ4n) is 2.31. The fourth-order valence-corrected chi connectivity index (χ4v) is 2.31. The van der Waals surface area contributed by atoms with Crippen LogP contribution in [0.3, 0.4) is 0 Å². The van der Waals surface area contributed by atoms with Crippen molar-refractivity contribution in [1.29, 1.82) is 0 Å². The number of nitrogens with zero attached hydrogens (tertiary/aromatic N) is 1. The molecule has 0 aliphatic rings. The Labute approximate surface area is 147 Å². The molecule has 2 nitrogen and oxygen atoms in total. The molecule has 3 rings (SSSR count). The van der Waals surface area contributed by atoms with Gasteiger partial charge in [-0.2, -0.15) is 0 Å². The van der Waals surface area contributed by atoms with Gasteiger partial charge in [-0.3, -0.25) is 4.79 Å². The van der Waals surface area contributed by atoms with Gasteiger partial charge in [0.2, 0.25) is 0 Å². The third-order valence-electron chi connectivity index (χ3n) is 3.42. The summed E-state index contributed by atoms with van der Waals surface area (Å²) in [7, 11) is 1.91. The molecule has 0 spiro atoms. The van der Waals surface area contributed by atoms with Crippen molar-refractivity contribution in [2.45, 2.75) is 0 Å². The number of pyridine rings is 1. The van der Waals surface area contributed by atoms with Crippen molar-refractivity contribution in [3.63, 3.8) is 0 Å². The summed E-state index contributed by atoms with van der Waals surface area (Å²) >= 11 is 0. The standard InChI is InChI=1S/C19H16NO.HI/c1-20-12-4-7-18(14-20)19(21)11-9-15-8-10-16-5-2-3-6-17(16)13-15;/h2-14H,1H3;1H/q+1;/p-1/b11-9+;. The Morgan fingerprint density at radius 2 is 1.77 bits per heavy atom. The minimum absolute atomic E-state index is 0. The predicted octanol–water partition coefficient (Wildman–Crippen LogP) is 0.564. The van der Waals surface area contributed by atoms with E-state index in [0.717, 1.165) is 5.56 Å². The molecule has 1 aromatic heterocycles. The van der Waals surface area contributed by atoms with E-state index in [1.807, 2.05) is 60.4 Å². The van der Waals surface area contributed by atoms with Gasteiger partial charge >= 0.3 is 0 Å². The van der Waals surface area contributed by atoms with Gasteiger partial charge in [0, 0.05) is 6.07 Å². The highest BCUT2D eigenvalue weighted by Crippen LogP contribution is 2.16. The number of aromatic nitrogens is 1. The van der Waals surface area contributed by atoms with Crippen LogP contribution >= 0.6 is 0 Å². The van der Waals surface area contributed by atoms with Crippen LogP contribution in [0.25, 0.3) is 16.8 Å². The van der Waals surface area contributed by atoms with E-state index in [4.69, 9.17) is 0 Å². The van der Waals surface area contributed by atoms with Crippen molar-refractivity contribution >= 4 is 22.6 Å². The molecule has 3 heteroatoms. The fraction of sp³-hybridized carbons (Fsp3) is 0.0526. The van der Waals surface area contributed by atoms with E-state index in [1.165, 1.54) is 10.8 Å². The molecule has 0 radical (unpaired) electrons. The zero-order valence-electron chi connectivity index (χ0n) is 12.2. The second-order valence-corrected chi connectivity index (χ2v) is 5.06. The van der Waals surface area contributed by atoms with Gasteiger partial charge in [-0.25, -0.2) is 4.57 Å². The van der Waals surface area contributed by atoms with Crippen LogP contribution in [0.15, 0.2) is 73.1 Å². The van der Waals surface area contributed by atoms with Crippen LogP contribution in [-0.2, 0) is 7.05 Å². The molecule has 0 atom stereocenters. The molecule has 0 N–H and O–H groups in total. The summed E-state index contributed by atoms with van der Waals surface area (Å²) in [5, 5.41) is 2.38. The van der Waals surface area contributed by atoms with E-state index < -0.39 is 0 Å². The first-order valence-corrected chi connectivity index (χ1v) is 6.89. The van der Waals surface area contributed by atoms with Crippen LogP contribution in [0.4, 0.5) is 0 Å². The Balaban J connectivity index is 0.00000176. The number of aryl methyl sites for hydroxylation is 1. The minimum Gasteiger partial charge on any atom is -1.00 e. The average molecular weight is 401 g/mol. The number of rotatable bonds is 3. The number of carbonyl (C=O) groups is 1. The largest absolute Gasteiger partial charge is 1.00 e. The molecule has 3 aromatic rings. The summed E-state index contributed by atoms with van der Waals surface area (Å²) in [4.78, 5) is 12.1. The molecule has 1 heterocycles. The van der Waals surface area contributed by atoms with Crippen LogP contribution in [0.1, 0.15) is 15.9 Å². The summed E-state index contributed by atoms with van der Waals surface area (Å²) in [5.41, 5.74) is 1.72. The molecular formula is C19H16INO. The lowest BCUT2D eigenvalue weighted by molar-refractivity contribution is -0.671. The van der Waals surface area contributed by atoms with Crippen LogP contribution < -0.4 is 28.5 Å². The molecule has 0 saturated carbocycles. The lowest BCUT2D eigenvalue weighted by atomic mass is 10.1. The van der Waals surface area contributed by atoms with Gasteiger partial charge < -0.3 is 24.0 Å². The highest BCUT2D eigenvalue weighted by Gasteiger charge is 2.05. The van der Waals surface area contributed by atoms with Crippen molar-refractivity contribution in [1.82, 2.24) is 0 Å². The van der Waals surface area contributed by atoms with Gasteiger partial charge in [0.15, 0.2) is 18.2 Å².